The molecule has 1 aromatic heterocycles. The Bertz CT molecular complexity index is 1010. The van der Waals surface area contributed by atoms with Crippen LogP contribution in [0.15, 0.2) is 48.5 Å². The van der Waals surface area contributed by atoms with Crippen molar-refractivity contribution in [2.24, 2.45) is 0 Å². The van der Waals surface area contributed by atoms with Gasteiger partial charge in [0.2, 0.25) is 16.9 Å². The molecule has 27 heavy (non-hydrogen) atoms. The lowest BCUT2D eigenvalue weighted by Crippen LogP contribution is -2.16. The molecule has 1 aliphatic rings. The Hall–Kier alpha value is -3.06. The third kappa shape index (κ3) is 3.73. The minimum atomic E-state index is -0.288. The van der Waals surface area contributed by atoms with E-state index in [-0.39, 0.29) is 24.2 Å². The largest absolute Gasteiger partial charge is 0.325 e. The molecular weight excluding hydrogens is 360 g/mol. The molecule has 0 saturated carbocycles. The number of amides is 2. The zero-order valence-corrected chi connectivity index (χ0v) is 15.5. The van der Waals surface area contributed by atoms with Crippen molar-refractivity contribution >= 4 is 34.0 Å². The predicted molar refractivity (Wildman–Crippen MR) is 106 cm³/mol. The smallest absolute Gasteiger partial charge is 0.232 e. The maximum absolute atomic E-state index is 12.3. The summed E-state index contributed by atoms with van der Waals surface area (Å²) in [5.74, 6) is -0.509. The van der Waals surface area contributed by atoms with Crippen molar-refractivity contribution in [1.82, 2.24) is 10.2 Å². The number of nitrogens with zero attached hydrogens (tertiary/aromatic N) is 2. The van der Waals surface area contributed by atoms with Gasteiger partial charge in [-0.25, -0.2) is 0 Å². The van der Waals surface area contributed by atoms with Crippen LogP contribution in [0.5, 0.6) is 0 Å². The first-order chi connectivity index (χ1) is 13.1. The van der Waals surface area contributed by atoms with E-state index in [1.807, 2.05) is 55.5 Å². The molecule has 3 aromatic rings. The molecule has 2 aromatic carbocycles. The number of aryl methyl sites for hydroxylation is 1. The van der Waals surface area contributed by atoms with Crippen molar-refractivity contribution < 1.29 is 9.59 Å². The molecule has 1 aliphatic heterocycles. The topological polar surface area (TPSA) is 84.0 Å². The molecular formula is C20H18N4O2S. The van der Waals surface area contributed by atoms with Gasteiger partial charge < -0.3 is 10.6 Å². The van der Waals surface area contributed by atoms with Gasteiger partial charge in [-0.3, -0.25) is 9.59 Å². The van der Waals surface area contributed by atoms with Gasteiger partial charge in [0, 0.05) is 17.7 Å². The minimum Gasteiger partial charge on any atom is -0.325 e. The van der Waals surface area contributed by atoms with E-state index >= 15 is 0 Å². The number of hydrogen-bond acceptors (Lipinski definition) is 5. The van der Waals surface area contributed by atoms with Crippen molar-refractivity contribution in [2.75, 3.05) is 10.6 Å². The Kier molecular flexibility index (Phi) is 4.68. The van der Waals surface area contributed by atoms with Gasteiger partial charge in [-0.15, -0.1) is 10.2 Å². The van der Waals surface area contributed by atoms with E-state index in [9.17, 15) is 9.59 Å². The van der Waals surface area contributed by atoms with E-state index in [2.05, 4.69) is 20.8 Å². The number of aromatic nitrogens is 2. The monoisotopic (exact) mass is 378 g/mol. The molecule has 136 valence electrons. The van der Waals surface area contributed by atoms with Crippen LogP contribution in [-0.2, 0) is 9.59 Å². The maximum atomic E-state index is 12.3. The van der Waals surface area contributed by atoms with Gasteiger partial charge in [-0.05, 0) is 31.0 Å². The summed E-state index contributed by atoms with van der Waals surface area (Å²) in [5, 5.41) is 15.1. The summed E-state index contributed by atoms with van der Waals surface area (Å²) >= 11 is 1.34. The molecule has 7 heteroatoms. The molecule has 6 nitrogen and oxygen atoms in total. The van der Waals surface area contributed by atoms with Crippen LogP contribution in [0.1, 0.15) is 29.9 Å². The van der Waals surface area contributed by atoms with Crippen LogP contribution in [0.3, 0.4) is 0 Å². The lowest BCUT2D eigenvalue weighted by molar-refractivity contribution is -0.118. The Morgan fingerprint density at radius 1 is 1.19 bits per heavy atom. The summed E-state index contributed by atoms with van der Waals surface area (Å²) in [6.45, 7) is 2.02. The number of nitrogens with one attached hydrogen (secondary N) is 2. The number of fused-ring (bicyclic) bond motifs is 1. The number of carbonyl (C=O) groups excluding carboxylic acids is 2. The average molecular weight is 378 g/mol. The maximum Gasteiger partial charge on any atom is 0.232 e. The van der Waals surface area contributed by atoms with Crippen LogP contribution in [0, 0.1) is 6.92 Å². The highest BCUT2D eigenvalue weighted by molar-refractivity contribution is 7.18. The van der Waals surface area contributed by atoms with Crippen LogP contribution < -0.4 is 10.6 Å². The minimum absolute atomic E-state index is 0.0540. The second-order valence-corrected chi connectivity index (χ2v) is 7.48. The Balaban J connectivity index is 1.37. The van der Waals surface area contributed by atoms with Crippen LogP contribution in [0.25, 0.3) is 10.6 Å². The third-order valence-electron chi connectivity index (χ3n) is 4.51. The fraction of sp³-hybridized carbons (Fsp3) is 0.200. The van der Waals surface area contributed by atoms with Crippen LogP contribution in [0.2, 0.25) is 0 Å². The predicted octanol–water partition coefficient (Wildman–Crippen LogP) is 3.97. The SMILES string of the molecule is Cc1cccc(-c2nnc(NC(=O)CCC3C(=O)Nc4ccccc43)s2)c1. The summed E-state index contributed by atoms with van der Waals surface area (Å²) in [6.07, 6.45) is 0.698. The normalized spacial score (nSPS) is 15.3. The number of para-hydroxylation sites is 1. The highest BCUT2D eigenvalue weighted by Crippen LogP contribution is 2.35. The third-order valence-corrected chi connectivity index (χ3v) is 5.39. The van der Waals surface area contributed by atoms with Crippen LogP contribution in [-0.4, -0.2) is 22.0 Å². The second-order valence-electron chi connectivity index (χ2n) is 6.50. The fourth-order valence-electron chi connectivity index (χ4n) is 3.19. The van der Waals surface area contributed by atoms with Crippen molar-refractivity contribution in [2.45, 2.75) is 25.7 Å². The molecule has 1 unspecified atom stereocenters. The van der Waals surface area contributed by atoms with E-state index in [1.54, 1.807) is 0 Å². The molecule has 0 radical (unpaired) electrons. The standard InChI is InChI=1S/C20H18N4O2S/c1-12-5-4-6-13(11-12)19-23-24-20(27-19)22-17(25)10-9-15-14-7-2-3-8-16(14)21-18(15)26/h2-8,11,15H,9-10H2,1H3,(H,21,26)(H,22,24,25). The van der Waals surface area contributed by atoms with Gasteiger partial charge >= 0.3 is 0 Å². The number of rotatable bonds is 5. The van der Waals surface area contributed by atoms with E-state index in [0.717, 1.165) is 27.4 Å². The first-order valence-electron chi connectivity index (χ1n) is 8.70. The Morgan fingerprint density at radius 3 is 2.89 bits per heavy atom. The van der Waals surface area contributed by atoms with Gasteiger partial charge in [-0.2, -0.15) is 0 Å². The highest BCUT2D eigenvalue weighted by atomic mass is 32.1. The van der Waals surface area contributed by atoms with E-state index in [4.69, 9.17) is 0 Å². The molecule has 2 heterocycles. The van der Waals surface area contributed by atoms with Crippen molar-refractivity contribution in [3.8, 4) is 10.6 Å². The number of anilines is 2. The molecule has 2 amide bonds. The zero-order chi connectivity index (χ0) is 18.8. The summed E-state index contributed by atoms with van der Waals surface area (Å²) in [5.41, 5.74) is 3.91. The quantitative estimate of drug-likeness (QED) is 0.704. The molecule has 2 N–H and O–H groups in total. The summed E-state index contributed by atoms with van der Waals surface area (Å²) in [4.78, 5) is 24.4. The lowest BCUT2D eigenvalue weighted by atomic mass is 9.95. The highest BCUT2D eigenvalue weighted by Gasteiger charge is 2.30. The number of hydrogen-bond donors (Lipinski definition) is 2. The first-order valence-corrected chi connectivity index (χ1v) is 9.52. The van der Waals surface area contributed by atoms with Crippen LogP contribution >= 0.6 is 11.3 Å². The first kappa shape index (κ1) is 17.4. The molecule has 1 atom stereocenters. The van der Waals surface area contributed by atoms with E-state index in [1.165, 1.54) is 11.3 Å². The summed E-state index contributed by atoms with van der Waals surface area (Å²) in [7, 11) is 0. The summed E-state index contributed by atoms with van der Waals surface area (Å²) < 4.78 is 0. The fourth-order valence-corrected chi connectivity index (χ4v) is 3.94. The molecule has 4 rings (SSSR count). The zero-order valence-electron chi connectivity index (χ0n) is 14.7. The number of carbonyl (C=O) groups is 2. The lowest BCUT2D eigenvalue weighted by Gasteiger charge is -2.08. The molecule has 0 spiro atoms. The second kappa shape index (κ2) is 7.28. The summed E-state index contributed by atoms with van der Waals surface area (Å²) in [6, 6.07) is 15.6. The van der Waals surface area contributed by atoms with Gasteiger partial charge in [0.1, 0.15) is 5.01 Å². The molecule has 0 saturated heterocycles. The molecule has 0 aliphatic carbocycles. The average Bonchev–Trinajstić information content (AvgIpc) is 3.24. The van der Waals surface area contributed by atoms with Gasteiger partial charge in [0.15, 0.2) is 0 Å². The van der Waals surface area contributed by atoms with Crippen molar-refractivity contribution in [1.29, 1.82) is 0 Å². The van der Waals surface area contributed by atoms with Gasteiger partial charge in [0.05, 0.1) is 5.92 Å². The van der Waals surface area contributed by atoms with Crippen molar-refractivity contribution in [3.63, 3.8) is 0 Å². The van der Waals surface area contributed by atoms with E-state index in [0.29, 0.717) is 11.6 Å². The number of benzene rings is 2. The molecule has 0 bridgehead atoms. The van der Waals surface area contributed by atoms with Crippen LogP contribution in [0.4, 0.5) is 10.8 Å². The Labute approximate surface area is 160 Å². The van der Waals surface area contributed by atoms with E-state index < -0.39 is 0 Å². The Morgan fingerprint density at radius 2 is 2.04 bits per heavy atom. The van der Waals surface area contributed by atoms with Crippen molar-refractivity contribution in [3.05, 3.63) is 59.7 Å². The van der Waals surface area contributed by atoms with Gasteiger partial charge in [0.25, 0.3) is 0 Å². The van der Waals surface area contributed by atoms with Gasteiger partial charge in [-0.1, -0.05) is 53.3 Å². The molecule has 0 fully saturated rings.